The molecule has 98 valence electrons. The highest BCUT2D eigenvalue weighted by atomic mass is 35.5. The van der Waals surface area contributed by atoms with Crippen LogP contribution in [-0.2, 0) is 0 Å². The number of likely N-dealkylation sites (tertiary alicyclic amines) is 1. The van der Waals surface area contributed by atoms with E-state index in [0.29, 0.717) is 11.9 Å². The molecule has 18 heavy (non-hydrogen) atoms. The number of rotatable bonds is 4. The number of amides is 1. The summed E-state index contributed by atoms with van der Waals surface area (Å²) in [6, 6.07) is 8.22. The molecular weight excluding hydrogens is 246 g/mol. The van der Waals surface area contributed by atoms with Crippen molar-refractivity contribution in [2.75, 3.05) is 12.4 Å². The predicted molar refractivity (Wildman–Crippen MR) is 75.2 cm³/mol. The van der Waals surface area contributed by atoms with E-state index in [1.54, 1.807) is 0 Å². The summed E-state index contributed by atoms with van der Waals surface area (Å²) >= 11 is 5.75. The number of nitrogens with zero attached hydrogens (tertiary/aromatic N) is 1. The second-order valence-electron chi connectivity index (χ2n) is 4.94. The van der Waals surface area contributed by atoms with E-state index in [4.69, 9.17) is 11.6 Å². The van der Waals surface area contributed by atoms with Crippen LogP contribution >= 0.6 is 11.6 Å². The minimum absolute atomic E-state index is 0.185. The molecule has 2 nitrogen and oxygen atoms in total. The van der Waals surface area contributed by atoms with Crippen molar-refractivity contribution in [2.45, 2.75) is 38.6 Å². The lowest BCUT2D eigenvalue weighted by Crippen LogP contribution is -2.35. The monoisotopic (exact) mass is 265 g/mol. The van der Waals surface area contributed by atoms with E-state index >= 15 is 0 Å². The van der Waals surface area contributed by atoms with Crippen LogP contribution in [0.15, 0.2) is 24.3 Å². The van der Waals surface area contributed by atoms with Crippen molar-refractivity contribution >= 4 is 17.5 Å². The van der Waals surface area contributed by atoms with Gasteiger partial charge in [0, 0.05) is 24.0 Å². The number of halogens is 1. The summed E-state index contributed by atoms with van der Waals surface area (Å²) in [6.45, 7) is 2.89. The molecule has 0 bridgehead atoms. The number of carbonyl (C=O) groups is 1. The van der Waals surface area contributed by atoms with Crippen LogP contribution in [-0.4, -0.2) is 29.3 Å². The average molecular weight is 266 g/mol. The van der Waals surface area contributed by atoms with Crippen LogP contribution in [0.25, 0.3) is 0 Å². The molecule has 1 amide bonds. The van der Waals surface area contributed by atoms with Crippen LogP contribution in [0.4, 0.5) is 0 Å². The zero-order chi connectivity index (χ0) is 13.0. The highest BCUT2D eigenvalue weighted by molar-refractivity contribution is 6.17. The third-order valence-corrected chi connectivity index (χ3v) is 3.95. The van der Waals surface area contributed by atoms with Gasteiger partial charge >= 0.3 is 0 Å². The molecule has 1 unspecified atom stereocenters. The summed E-state index contributed by atoms with van der Waals surface area (Å²) in [5, 5.41) is 0. The third kappa shape index (κ3) is 2.86. The molecule has 0 aliphatic carbocycles. The Labute approximate surface area is 114 Å². The van der Waals surface area contributed by atoms with Gasteiger partial charge in [0.05, 0.1) is 0 Å². The molecule has 0 radical (unpaired) electrons. The van der Waals surface area contributed by atoms with Gasteiger partial charge < -0.3 is 4.90 Å². The van der Waals surface area contributed by atoms with Crippen LogP contribution in [0.2, 0.25) is 0 Å². The lowest BCUT2D eigenvalue weighted by atomic mass is 10.1. The van der Waals surface area contributed by atoms with Crippen LogP contribution in [0.5, 0.6) is 0 Å². The van der Waals surface area contributed by atoms with Gasteiger partial charge in [-0.15, -0.1) is 11.6 Å². The van der Waals surface area contributed by atoms with Crippen molar-refractivity contribution in [3.05, 3.63) is 35.4 Å². The first-order valence-corrected chi connectivity index (χ1v) is 7.20. The van der Waals surface area contributed by atoms with Gasteiger partial charge in [0.1, 0.15) is 0 Å². The minimum atomic E-state index is 0.185. The Morgan fingerprint density at radius 2 is 2.22 bits per heavy atom. The SMILES string of the molecule is Cc1ccccc1C(=O)N1CCCC1CCCCl. The molecule has 0 aromatic heterocycles. The summed E-state index contributed by atoms with van der Waals surface area (Å²) in [4.78, 5) is 14.6. The number of benzene rings is 1. The smallest absolute Gasteiger partial charge is 0.254 e. The zero-order valence-electron chi connectivity index (χ0n) is 10.9. The van der Waals surface area contributed by atoms with Gasteiger partial charge in [-0.1, -0.05) is 18.2 Å². The Bertz CT molecular complexity index is 419. The summed E-state index contributed by atoms with van der Waals surface area (Å²) in [5.74, 6) is 0.869. The molecule has 0 N–H and O–H groups in total. The highest BCUT2D eigenvalue weighted by Crippen LogP contribution is 2.24. The Kier molecular flexibility index (Phi) is 4.65. The maximum Gasteiger partial charge on any atom is 0.254 e. The zero-order valence-corrected chi connectivity index (χ0v) is 11.6. The average Bonchev–Trinajstić information content (AvgIpc) is 2.84. The molecule has 1 heterocycles. The normalized spacial score (nSPS) is 19.2. The molecule has 0 saturated carbocycles. The molecule has 1 aromatic rings. The number of aryl methyl sites for hydroxylation is 1. The van der Waals surface area contributed by atoms with Crippen LogP contribution < -0.4 is 0 Å². The van der Waals surface area contributed by atoms with E-state index in [1.807, 2.05) is 36.1 Å². The van der Waals surface area contributed by atoms with Crippen LogP contribution in [0, 0.1) is 6.92 Å². The van der Waals surface area contributed by atoms with E-state index < -0.39 is 0 Å². The molecule has 1 aliphatic heterocycles. The Morgan fingerprint density at radius 3 is 2.94 bits per heavy atom. The summed E-state index contributed by atoms with van der Waals surface area (Å²) in [7, 11) is 0. The number of carbonyl (C=O) groups excluding carboxylic acids is 1. The van der Waals surface area contributed by atoms with Crippen molar-refractivity contribution in [2.24, 2.45) is 0 Å². The van der Waals surface area contributed by atoms with Gasteiger partial charge in [-0.25, -0.2) is 0 Å². The maximum atomic E-state index is 12.5. The predicted octanol–water partition coefficient (Wildman–Crippen LogP) is 3.62. The fourth-order valence-corrected chi connectivity index (χ4v) is 2.84. The van der Waals surface area contributed by atoms with Gasteiger partial charge in [0.15, 0.2) is 0 Å². The Morgan fingerprint density at radius 1 is 1.44 bits per heavy atom. The molecule has 1 fully saturated rings. The van der Waals surface area contributed by atoms with E-state index in [0.717, 1.165) is 43.4 Å². The number of hydrogen-bond donors (Lipinski definition) is 0. The minimum Gasteiger partial charge on any atom is -0.336 e. The van der Waals surface area contributed by atoms with Crippen molar-refractivity contribution in [1.29, 1.82) is 0 Å². The molecule has 3 heteroatoms. The topological polar surface area (TPSA) is 20.3 Å². The molecular formula is C15H20ClNO. The van der Waals surface area contributed by atoms with Gasteiger partial charge in [-0.05, 0) is 44.2 Å². The van der Waals surface area contributed by atoms with Crippen molar-refractivity contribution in [3.8, 4) is 0 Å². The van der Waals surface area contributed by atoms with E-state index in [2.05, 4.69) is 0 Å². The molecule has 1 aliphatic rings. The second-order valence-corrected chi connectivity index (χ2v) is 5.32. The Hall–Kier alpha value is -1.02. The fraction of sp³-hybridized carbons (Fsp3) is 0.533. The van der Waals surface area contributed by atoms with Gasteiger partial charge in [0.2, 0.25) is 0 Å². The molecule has 0 spiro atoms. The maximum absolute atomic E-state index is 12.5. The van der Waals surface area contributed by atoms with Crippen molar-refractivity contribution < 1.29 is 4.79 Å². The summed E-state index contributed by atoms with van der Waals surface area (Å²) in [6.07, 6.45) is 4.25. The summed E-state index contributed by atoms with van der Waals surface area (Å²) < 4.78 is 0. The molecule has 1 atom stereocenters. The Balaban J connectivity index is 2.10. The van der Waals surface area contributed by atoms with E-state index in [9.17, 15) is 4.79 Å². The largest absolute Gasteiger partial charge is 0.336 e. The fourth-order valence-electron chi connectivity index (χ4n) is 2.68. The molecule has 1 saturated heterocycles. The van der Waals surface area contributed by atoms with Gasteiger partial charge in [-0.2, -0.15) is 0 Å². The first-order valence-electron chi connectivity index (χ1n) is 6.66. The van der Waals surface area contributed by atoms with Gasteiger partial charge in [-0.3, -0.25) is 4.79 Å². The van der Waals surface area contributed by atoms with Crippen LogP contribution in [0.3, 0.4) is 0 Å². The molecule has 1 aromatic carbocycles. The van der Waals surface area contributed by atoms with E-state index in [-0.39, 0.29) is 5.91 Å². The lowest BCUT2D eigenvalue weighted by Gasteiger charge is -2.25. The third-order valence-electron chi connectivity index (χ3n) is 3.68. The quantitative estimate of drug-likeness (QED) is 0.762. The first-order chi connectivity index (χ1) is 8.74. The van der Waals surface area contributed by atoms with Crippen molar-refractivity contribution in [3.63, 3.8) is 0 Å². The molecule has 2 rings (SSSR count). The standard InChI is InChI=1S/C15H20ClNO/c1-12-6-2-3-9-14(12)15(18)17-11-5-8-13(17)7-4-10-16/h2-3,6,9,13H,4-5,7-8,10-11H2,1H3. The van der Waals surface area contributed by atoms with E-state index in [1.165, 1.54) is 0 Å². The first kappa shape index (κ1) is 13.4. The van der Waals surface area contributed by atoms with Crippen molar-refractivity contribution in [1.82, 2.24) is 4.90 Å². The van der Waals surface area contributed by atoms with Crippen LogP contribution in [0.1, 0.15) is 41.6 Å². The number of hydrogen-bond acceptors (Lipinski definition) is 1. The lowest BCUT2D eigenvalue weighted by molar-refractivity contribution is 0.0729. The van der Waals surface area contributed by atoms with Gasteiger partial charge in [0.25, 0.3) is 5.91 Å². The summed E-state index contributed by atoms with van der Waals surface area (Å²) in [5.41, 5.74) is 1.90. The highest BCUT2D eigenvalue weighted by Gasteiger charge is 2.29. The second kappa shape index (κ2) is 6.24. The number of alkyl halides is 1.